The van der Waals surface area contributed by atoms with Crippen molar-refractivity contribution in [2.45, 2.75) is 12.5 Å². The molecule has 0 bridgehead atoms. The quantitative estimate of drug-likeness (QED) is 0.364. The minimum absolute atomic E-state index is 0.264. The molecule has 1 unspecified atom stereocenters. The lowest BCUT2D eigenvalue weighted by molar-refractivity contribution is -0.138. The molecule has 5 nitrogen and oxygen atoms in total. The molecule has 70 valence electrons. The number of hydrogen-bond donors (Lipinski definition) is 3. The van der Waals surface area contributed by atoms with E-state index in [2.05, 4.69) is 0 Å². The molecule has 0 heterocycles. The summed E-state index contributed by atoms with van der Waals surface area (Å²) in [4.78, 5) is 10.2. The molecule has 0 aromatic carbocycles. The Bertz CT molecular complexity index is 159. The van der Waals surface area contributed by atoms with Gasteiger partial charge >= 0.3 is 5.97 Å². The van der Waals surface area contributed by atoms with E-state index >= 15 is 0 Å². The summed E-state index contributed by atoms with van der Waals surface area (Å²) in [6.45, 7) is 0.869. The zero-order chi connectivity index (χ0) is 9.40. The fourth-order valence-electron chi connectivity index (χ4n) is 0.507. The molecule has 0 fully saturated rings. The van der Waals surface area contributed by atoms with Crippen LogP contribution < -0.4 is 11.5 Å². The third kappa shape index (κ3) is 5.70. The van der Waals surface area contributed by atoms with Crippen molar-refractivity contribution in [3.8, 4) is 0 Å². The van der Waals surface area contributed by atoms with Crippen molar-refractivity contribution in [1.29, 1.82) is 0 Å². The van der Waals surface area contributed by atoms with Crippen LogP contribution >= 0.6 is 0 Å². The monoisotopic (exact) mass is 174 g/mol. The maximum atomic E-state index is 10.2. The van der Waals surface area contributed by atoms with Gasteiger partial charge in [0.15, 0.2) is 0 Å². The van der Waals surface area contributed by atoms with Crippen LogP contribution in [0, 0.1) is 0 Å². The molecule has 0 aliphatic heterocycles. The van der Waals surface area contributed by atoms with Crippen molar-refractivity contribution < 1.29 is 14.6 Å². The molecular weight excluding hydrogens is 160 g/mol. The molecule has 0 aromatic rings. The Morgan fingerprint density at radius 1 is 1.67 bits per heavy atom. The zero-order valence-electron chi connectivity index (χ0n) is 6.77. The van der Waals surface area contributed by atoms with E-state index in [1.807, 2.05) is 0 Å². The molecule has 0 aromatic heterocycles. The summed E-state index contributed by atoms with van der Waals surface area (Å²) in [5.41, 5.74) is 10.3. The Kier molecular flexibility index (Phi) is 6.04. The van der Waals surface area contributed by atoms with Crippen molar-refractivity contribution in [1.82, 2.24) is 0 Å². The van der Waals surface area contributed by atoms with E-state index < -0.39 is 12.0 Å². The van der Waals surface area contributed by atoms with E-state index in [0.717, 1.165) is 0 Å². The van der Waals surface area contributed by atoms with Gasteiger partial charge in [0.25, 0.3) is 0 Å². The van der Waals surface area contributed by atoms with Gasteiger partial charge in [0.05, 0.1) is 12.9 Å². The average molecular weight is 174 g/mol. The number of aliphatic carboxylic acids is 1. The van der Waals surface area contributed by atoms with E-state index in [9.17, 15) is 4.79 Å². The largest absolute Gasteiger partial charge is 0.500 e. The predicted octanol–water partition coefficient (Wildman–Crippen LogP) is -0.723. The van der Waals surface area contributed by atoms with Crippen LogP contribution in [0.25, 0.3) is 0 Å². The van der Waals surface area contributed by atoms with Crippen LogP contribution in [-0.2, 0) is 9.53 Å². The third-order valence-electron chi connectivity index (χ3n) is 1.14. The van der Waals surface area contributed by atoms with Crippen molar-refractivity contribution >= 4 is 5.97 Å². The highest BCUT2D eigenvalue weighted by molar-refractivity contribution is 5.73. The van der Waals surface area contributed by atoms with Crippen LogP contribution in [0.3, 0.4) is 0 Å². The topological polar surface area (TPSA) is 98.6 Å². The first-order valence-electron chi connectivity index (χ1n) is 3.63. The molecule has 0 aliphatic rings. The summed E-state index contributed by atoms with van der Waals surface area (Å²) in [6, 6.07) is -0.859. The van der Waals surface area contributed by atoms with Crippen molar-refractivity contribution in [3.05, 3.63) is 12.3 Å². The van der Waals surface area contributed by atoms with Gasteiger partial charge in [0.2, 0.25) is 0 Å². The second-order valence-corrected chi connectivity index (χ2v) is 2.21. The highest BCUT2D eigenvalue weighted by Crippen LogP contribution is 1.90. The van der Waals surface area contributed by atoms with Gasteiger partial charge in [0, 0.05) is 6.54 Å². The second-order valence-electron chi connectivity index (χ2n) is 2.21. The first-order valence-corrected chi connectivity index (χ1v) is 3.63. The molecule has 0 amide bonds. The second kappa shape index (κ2) is 6.63. The van der Waals surface area contributed by atoms with E-state index in [1.54, 1.807) is 6.08 Å². The number of carboxylic acid groups (broad SMARTS) is 1. The van der Waals surface area contributed by atoms with Crippen LogP contribution in [0.15, 0.2) is 12.3 Å². The molecule has 0 saturated carbocycles. The van der Waals surface area contributed by atoms with Gasteiger partial charge in [0.1, 0.15) is 6.04 Å². The highest BCUT2D eigenvalue weighted by Gasteiger charge is 2.07. The summed E-state index contributed by atoms with van der Waals surface area (Å²) >= 11 is 0. The molecule has 0 radical (unpaired) electrons. The summed E-state index contributed by atoms with van der Waals surface area (Å²) in [5.74, 6) is -1.02. The van der Waals surface area contributed by atoms with Crippen LogP contribution in [0.2, 0.25) is 0 Å². The van der Waals surface area contributed by atoms with Gasteiger partial charge in [-0.15, -0.1) is 0 Å². The van der Waals surface area contributed by atoms with E-state index in [0.29, 0.717) is 13.2 Å². The van der Waals surface area contributed by atoms with E-state index in [-0.39, 0.29) is 6.42 Å². The fraction of sp³-hybridized carbons (Fsp3) is 0.571. The first kappa shape index (κ1) is 10.9. The van der Waals surface area contributed by atoms with Gasteiger partial charge in [-0.05, 0) is 12.5 Å². The van der Waals surface area contributed by atoms with E-state index in [1.165, 1.54) is 6.26 Å². The van der Waals surface area contributed by atoms with Crippen molar-refractivity contribution in [2.24, 2.45) is 11.5 Å². The fourth-order valence-corrected chi connectivity index (χ4v) is 0.507. The van der Waals surface area contributed by atoms with Gasteiger partial charge in [-0.3, -0.25) is 4.79 Å². The normalized spacial score (nSPS) is 13.2. The molecule has 12 heavy (non-hydrogen) atoms. The number of carbonyl (C=O) groups is 1. The molecule has 5 N–H and O–H groups in total. The molecule has 0 spiro atoms. The Labute approximate surface area is 71.0 Å². The molecule has 0 aliphatic carbocycles. The summed E-state index contributed by atoms with van der Waals surface area (Å²) in [6.07, 6.45) is 3.24. The van der Waals surface area contributed by atoms with Gasteiger partial charge in [-0.1, -0.05) is 0 Å². The number of carboxylic acids is 1. The number of ether oxygens (including phenoxy) is 1. The first-order chi connectivity index (χ1) is 5.68. The molecule has 0 rings (SSSR count). The van der Waals surface area contributed by atoms with E-state index in [4.69, 9.17) is 21.3 Å². The molecular formula is C7H14N2O3. The lowest BCUT2D eigenvalue weighted by atomic mass is 10.2. The SMILES string of the molecule is NCCOC=CCC(N)C(=O)O. The number of hydrogen-bond acceptors (Lipinski definition) is 4. The number of rotatable bonds is 6. The lowest BCUT2D eigenvalue weighted by Crippen LogP contribution is -2.29. The maximum Gasteiger partial charge on any atom is 0.320 e. The van der Waals surface area contributed by atoms with Crippen molar-refractivity contribution in [2.75, 3.05) is 13.2 Å². The smallest absolute Gasteiger partial charge is 0.320 e. The minimum Gasteiger partial charge on any atom is -0.500 e. The molecule has 0 saturated heterocycles. The summed E-state index contributed by atoms with van der Waals surface area (Å²) in [7, 11) is 0. The van der Waals surface area contributed by atoms with Crippen LogP contribution in [-0.4, -0.2) is 30.3 Å². The van der Waals surface area contributed by atoms with Crippen LogP contribution in [0.1, 0.15) is 6.42 Å². The Morgan fingerprint density at radius 3 is 2.83 bits per heavy atom. The molecule has 1 atom stereocenters. The Hall–Kier alpha value is -1.07. The highest BCUT2D eigenvalue weighted by atomic mass is 16.5. The van der Waals surface area contributed by atoms with Gasteiger partial charge in [-0.2, -0.15) is 0 Å². The summed E-state index contributed by atoms with van der Waals surface area (Å²) in [5, 5.41) is 8.36. The van der Waals surface area contributed by atoms with Crippen LogP contribution in [0.5, 0.6) is 0 Å². The number of nitrogens with two attached hydrogens (primary N) is 2. The van der Waals surface area contributed by atoms with Crippen LogP contribution in [0.4, 0.5) is 0 Å². The maximum absolute atomic E-state index is 10.2. The minimum atomic E-state index is -1.02. The standard InChI is InChI=1S/C7H14N2O3/c8-3-5-12-4-1-2-6(9)7(10)11/h1,4,6H,2-3,5,8-9H2,(H,10,11). The Balaban J connectivity index is 3.40. The predicted molar refractivity (Wildman–Crippen MR) is 44.4 cm³/mol. The zero-order valence-corrected chi connectivity index (χ0v) is 6.77. The van der Waals surface area contributed by atoms with Gasteiger partial charge < -0.3 is 21.3 Å². The summed E-state index contributed by atoms with van der Waals surface area (Å²) < 4.78 is 4.86. The lowest BCUT2D eigenvalue weighted by Gasteiger charge is -2.00. The van der Waals surface area contributed by atoms with Crippen molar-refractivity contribution in [3.63, 3.8) is 0 Å². The van der Waals surface area contributed by atoms with Gasteiger partial charge in [-0.25, -0.2) is 0 Å². The third-order valence-corrected chi connectivity index (χ3v) is 1.14. The Morgan fingerprint density at radius 2 is 2.33 bits per heavy atom. The molecule has 5 heteroatoms. The average Bonchev–Trinajstić information content (AvgIpc) is 2.03.